The van der Waals surface area contributed by atoms with Crippen LogP contribution in [0.3, 0.4) is 0 Å². The van der Waals surface area contributed by atoms with E-state index in [2.05, 4.69) is 45.6 Å². The van der Waals surface area contributed by atoms with Gasteiger partial charge in [0.05, 0.1) is 12.2 Å². The topological polar surface area (TPSA) is 33.1 Å². The second-order valence-corrected chi connectivity index (χ2v) is 4.67. The van der Waals surface area contributed by atoms with E-state index in [1.807, 2.05) is 17.9 Å². The number of hydrogen-bond acceptors (Lipinski definition) is 3. The van der Waals surface area contributed by atoms with Gasteiger partial charge in [-0.2, -0.15) is 5.10 Å². The molecule has 1 aliphatic rings. The van der Waals surface area contributed by atoms with E-state index in [0.29, 0.717) is 0 Å². The van der Waals surface area contributed by atoms with E-state index in [1.54, 1.807) is 0 Å². The molecule has 0 aliphatic carbocycles. The van der Waals surface area contributed by atoms with Gasteiger partial charge in [0.25, 0.3) is 0 Å². The third-order valence-electron chi connectivity index (χ3n) is 3.48. The van der Waals surface area contributed by atoms with Crippen LogP contribution in [0.25, 0.3) is 0 Å². The number of aromatic nitrogens is 2. The molecule has 94 valence electrons. The average Bonchev–Trinajstić information content (AvgIpc) is 2.68. The van der Waals surface area contributed by atoms with Crippen molar-refractivity contribution in [1.29, 1.82) is 0 Å². The van der Waals surface area contributed by atoms with Gasteiger partial charge in [0.1, 0.15) is 0 Å². The molecule has 4 nitrogen and oxygen atoms in total. The standard InChI is InChI=1S/C14H18N4/c1-17-13(6-7-16-17)11-18-9-8-15-10-12-4-2-3-5-14(12)18/h2-7,15H,8-11H2,1H3. The quantitative estimate of drug-likeness (QED) is 0.867. The molecular weight excluding hydrogens is 224 g/mol. The molecule has 2 heterocycles. The van der Waals surface area contributed by atoms with Crippen LogP contribution >= 0.6 is 0 Å². The molecule has 18 heavy (non-hydrogen) atoms. The van der Waals surface area contributed by atoms with Gasteiger partial charge in [-0.15, -0.1) is 0 Å². The van der Waals surface area contributed by atoms with Crippen molar-refractivity contribution < 1.29 is 0 Å². The Kier molecular flexibility index (Phi) is 3.02. The molecule has 1 aromatic heterocycles. The fourth-order valence-electron chi connectivity index (χ4n) is 2.44. The van der Waals surface area contributed by atoms with E-state index in [4.69, 9.17) is 0 Å². The normalized spacial score (nSPS) is 15.3. The number of nitrogens with one attached hydrogen (secondary N) is 1. The smallest absolute Gasteiger partial charge is 0.0599 e. The van der Waals surface area contributed by atoms with Crippen molar-refractivity contribution in [3.05, 3.63) is 47.8 Å². The monoisotopic (exact) mass is 242 g/mol. The second kappa shape index (κ2) is 4.82. The first-order valence-corrected chi connectivity index (χ1v) is 6.35. The highest BCUT2D eigenvalue weighted by Crippen LogP contribution is 2.23. The number of aryl methyl sites for hydroxylation is 1. The number of para-hydroxylation sites is 1. The zero-order valence-corrected chi connectivity index (χ0v) is 10.6. The Morgan fingerprint density at radius 2 is 2.17 bits per heavy atom. The Bertz CT molecular complexity index is 532. The van der Waals surface area contributed by atoms with Crippen LogP contribution in [0.1, 0.15) is 11.3 Å². The molecule has 0 fully saturated rings. The number of benzene rings is 1. The maximum absolute atomic E-state index is 4.24. The number of fused-ring (bicyclic) bond motifs is 1. The first-order chi connectivity index (χ1) is 8.84. The molecule has 3 rings (SSSR count). The van der Waals surface area contributed by atoms with Crippen LogP contribution in [-0.4, -0.2) is 22.9 Å². The zero-order chi connectivity index (χ0) is 12.4. The molecule has 0 spiro atoms. The van der Waals surface area contributed by atoms with E-state index in [9.17, 15) is 0 Å². The molecule has 1 N–H and O–H groups in total. The Morgan fingerprint density at radius 3 is 3.00 bits per heavy atom. The van der Waals surface area contributed by atoms with Gasteiger partial charge in [-0.1, -0.05) is 18.2 Å². The van der Waals surface area contributed by atoms with Gasteiger partial charge in [0.15, 0.2) is 0 Å². The lowest BCUT2D eigenvalue weighted by atomic mass is 10.1. The van der Waals surface area contributed by atoms with Gasteiger partial charge in [-0.05, 0) is 17.7 Å². The summed E-state index contributed by atoms with van der Waals surface area (Å²) in [5.41, 5.74) is 3.95. The average molecular weight is 242 g/mol. The first kappa shape index (κ1) is 11.3. The maximum atomic E-state index is 4.24. The van der Waals surface area contributed by atoms with Crippen molar-refractivity contribution in [2.45, 2.75) is 13.1 Å². The third kappa shape index (κ3) is 2.11. The minimum atomic E-state index is 0.912. The van der Waals surface area contributed by atoms with Crippen LogP contribution in [-0.2, 0) is 20.1 Å². The highest BCUT2D eigenvalue weighted by molar-refractivity contribution is 5.54. The second-order valence-electron chi connectivity index (χ2n) is 4.67. The lowest BCUT2D eigenvalue weighted by molar-refractivity contribution is 0.657. The summed E-state index contributed by atoms with van der Waals surface area (Å²) in [4.78, 5) is 2.42. The summed E-state index contributed by atoms with van der Waals surface area (Å²) in [6.07, 6.45) is 1.86. The number of hydrogen-bond donors (Lipinski definition) is 1. The van der Waals surface area contributed by atoms with Crippen molar-refractivity contribution in [1.82, 2.24) is 15.1 Å². The molecule has 0 saturated heterocycles. The summed E-state index contributed by atoms with van der Waals surface area (Å²) in [7, 11) is 2.00. The van der Waals surface area contributed by atoms with Gasteiger partial charge < -0.3 is 10.2 Å². The van der Waals surface area contributed by atoms with E-state index < -0.39 is 0 Å². The zero-order valence-electron chi connectivity index (χ0n) is 10.6. The highest BCUT2D eigenvalue weighted by atomic mass is 15.3. The molecule has 0 unspecified atom stereocenters. The molecule has 0 atom stereocenters. The predicted molar refractivity (Wildman–Crippen MR) is 72.4 cm³/mol. The van der Waals surface area contributed by atoms with Crippen LogP contribution in [0.15, 0.2) is 36.5 Å². The largest absolute Gasteiger partial charge is 0.364 e. The fourth-order valence-corrected chi connectivity index (χ4v) is 2.44. The van der Waals surface area contributed by atoms with Crippen molar-refractivity contribution in [2.75, 3.05) is 18.0 Å². The third-order valence-corrected chi connectivity index (χ3v) is 3.48. The summed E-state index contributed by atoms with van der Waals surface area (Å²) in [6, 6.07) is 10.7. The summed E-state index contributed by atoms with van der Waals surface area (Å²) in [5, 5.41) is 7.70. The molecule has 2 aromatic rings. The van der Waals surface area contributed by atoms with Crippen molar-refractivity contribution in [3.63, 3.8) is 0 Å². The lowest BCUT2D eigenvalue weighted by Crippen LogP contribution is -2.29. The first-order valence-electron chi connectivity index (χ1n) is 6.35. The van der Waals surface area contributed by atoms with Crippen molar-refractivity contribution >= 4 is 5.69 Å². The molecule has 1 aromatic carbocycles. The lowest BCUT2D eigenvalue weighted by Gasteiger charge is -2.24. The molecule has 0 radical (unpaired) electrons. The van der Waals surface area contributed by atoms with Crippen molar-refractivity contribution in [2.24, 2.45) is 7.05 Å². The van der Waals surface area contributed by atoms with Crippen LogP contribution in [0.5, 0.6) is 0 Å². The molecule has 0 amide bonds. The van der Waals surface area contributed by atoms with E-state index in [-0.39, 0.29) is 0 Å². The predicted octanol–water partition coefficient (Wildman–Crippen LogP) is 1.53. The van der Waals surface area contributed by atoms with E-state index >= 15 is 0 Å². The van der Waals surface area contributed by atoms with Gasteiger partial charge in [-0.3, -0.25) is 4.68 Å². The molecule has 0 bridgehead atoms. The fraction of sp³-hybridized carbons (Fsp3) is 0.357. The number of anilines is 1. The number of rotatable bonds is 2. The van der Waals surface area contributed by atoms with Gasteiger partial charge in [-0.25, -0.2) is 0 Å². The Hall–Kier alpha value is -1.81. The Balaban J connectivity index is 1.90. The van der Waals surface area contributed by atoms with Gasteiger partial charge in [0.2, 0.25) is 0 Å². The number of nitrogens with zero attached hydrogens (tertiary/aromatic N) is 3. The molecule has 1 aliphatic heterocycles. The van der Waals surface area contributed by atoms with E-state index in [1.165, 1.54) is 16.9 Å². The van der Waals surface area contributed by atoms with Crippen LogP contribution in [0.2, 0.25) is 0 Å². The summed E-state index contributed by atoms with van der Waals surface area (Å²) in [6.45, 7) is 3.92. The summed E-state index contributed by atoms with van der Waals surface area (Å²) >= 11 is 0. The molecule has 4 heteroatoms. The van der Waals surface area contributed by atoms with Crippen LogP contribution < -0.4 is 10.2 Å². The molecular formula is C14H18N4. The Morgan fingerprint density at radius 1 is 1.28 bits per heavy atom. The minimum Gasteiger partial charge on any atom is -0.364 e. The SMILES string of the molecule is Cn1nccc1CN1CCNCc2ccccc21. The highest BCUT2D eigenvalue weighted by Gasteiger charge is 2.15. The van der Waals surface area contributed by atoms with Gasteiger partial charge >= 0.3 is 0 Å². The summed E-state index contributed by atoms with van der Waals surface area (Å²) in [5.74, 6) is 0. The van der Waals surface area contributed by atoms with E-state index in [0.717, 1.165) is 26.2 Å². The van der Waals surface area contributed by atoms with Crippen molar-refractivity contribution in [3.8, 4) is 0 Å². The van der Waals surface area contributed by atoms with Crippen LogP contribution in [0, 0.1) is 0 Å². The van der Waals surface area contributed by atoms with Gasteiger partial charge in [0, 0.05) is 38.6 Å². The minimum absolute atomic E-state index is 0.912. The van der Waals surface area contributed by atoms with Crippen LogP contribution in [0.4, 0.5) is 5.69 Å². The summed E-state index contributed by atoms with van der Waals surface area (Å²) < 4.78 is 1.95. The molecule has 0 saturated carbocycles. The Labute approximate surface area is 107 Å². The maximum Gasteiger partial charge on any atom is 0.0599 e.